The van der Waals surface area contributed by atoms with E-state index in [1.165, 1.54) is 6.07 Å². The van der Waals surface area contributed by atoms with E-state index in [0.29, 0.717) is 12.4 Å². The molecular formula is C14H18F3N5. The third-order valence-corrected chi connectivity index (χ3v) is 3.22. The summed E-state index contributed by atoms with van der Waals surface area (Å²) in [5, 5.41) is 11.3. The Kier molecular flexibility index (Phi) is 4.39. The number of anilines is 1. The summed E-state index contributed by atoms with van der Waals surface area (Å²) in [5.41, 5.74) is 0.991. The number of nitrogens with zero attached hydrogens (tertiary/aromatic N) is 5. The Bertz CT molecular complexity index is 631. The van der Waals surface area contributed by atoms with Gasteiger partial charge in [0.15, 0.2) is 11.5 Å². The number of halogens is 3. The second kappa shape index (κ2) is 5.94. The van der Waals surface area contributed by atoms with Gasteiger partial charge >= 0.3 is 6.18 Å². The van der Waals surface area contributed by atoms with Gasteiger partial charge in [-0.05, 0) is 18.1 Å². The van der Waals surface area contributed by atoms with Crippen LogP contribution >= 0.6 is 0 Å². The first-order chi connectivity index (χ1) is 10.2. The first-order valence-corrected chi connectivity index (χ1v) is 6.83. The molecule has 0 saturated carbocycles. The van der Waals surface area contributed by atoms with Crippen molar-refractivity contribution in [2.75, 3.05) is 11.9 Å². The lowest BCUT2D eigenvalue weighted by Crippen LogP contribution is -2.20. The molecule has 0 spiro atoms. The topological polar surface area (TPSA) is 46.8 Å². The lowest BCUT2D eigenvalue weighted by atomic mass is 10.1. The highest BCUT2D eigenvalue weighted by Gasteiger charge is 2.33. The molecule has 120 valence electrons. The quantitative estimate of drug-likeness (QED) is 0.870. The SMILES string of the molecule is CC(C)c1nn(C)cc1CN(C)c1ccc(C(F)(F)F)nn1. The fourth-order valence-corrected chi connectivity index (χ4v) is 2.18. The lowest BCUT2D eigenvalue weighted by molar-refractivity contribution is -0.141. The van der Waals surface area contributed by atoms with E-state index in [0.717, 1.165) is 17.3 Å². The molecule has 2 heterocycles. The molecule has 8 heteroatoms. The Morgan fingerprint density at radius 1 is 1.23 bits per heavy atom. The van der Waals surface area contributed by atoms with Crippen LogP contribution in [0.4, 0.5) is 19.0 Å². The number of aryl methyl sites for hydroxylation is 1. The zero-order valence-corrected chi connectivity index (χ0v) is 12.9. The molecule has 2 aromatic heterocycles. The van der Waals surface area contributed by atoms with E-state index in [-0.39, 0.29) is 5.92 Å². The molecule has 0 aliphatic carbocycles. The lowest BCUT2D eigenvalue weighted by Gasteiger charge is -2.18. The smallest absolute Gasteiger partial charge is 0.354 e. The van der Waals surface area contributed by atoms with Crippen molar-refractivity contribution in [3.05, 3.63) is 35.3 Å². The van der Waals surface area contributed by atoms with Crippen LogP contribution in [0, 0.1) is 0 Å². The summed E-state index contributed by atoms with van der Waals surface area (Å²) in [6.45, 7) is 4.59. The molecule has 0 atom stereocenters. The molecule has 0 aliphatic heterocycles. The maximum absolute atomic E-state index is 12.5. The summed E-state index contributed by atoms with van der Waals surface area (Å²) in [7, 11) is 3.60. The minimum absolute atomic E-state index is 0.267. The van der Waals surface area contributed by atoms with Crippen molar-refractivity contribution in [3.8, 4) is 0 Å². The highest BCUT2D eigenvalue weighted by atomic mass is 19.4. The van der Waals surface area contributed by atoms with Gasteiger partial charge in [0, 0.05) is 32.4 Å². The average Bonchev–Trinajstić information content (AvgIpc) is 2.79. The number of hydrogen-bond donors (Lipinski definition) is 0. The van der Waals surface area contributed by atoms with E-state index in [9.17, 15) is 13.2 Å². The Labute approximate surface area is 126 Å². The van der Waals surface area contributed by atoms with Crippen molar-refractivity contribution in [3.63, 3.8) is 0 Å². The fourth-order valence-electron chi connectivity index (χ4n) is 2.18. The van der Waals surface area contributed by atoms with E-state index >= 15 is 0 Å². The van der Waals surface area contributed by atoms with Crippen molar-refractivity contribution in [2.24, 2.45) is 7.05 Å². The van der Waals surface area contributed by atoms with E-state index in [1.54, 1.807) is 16.6 Å². The van der Waals surface area contributed by atoms with Crippen molar-refractivity contribution in [1.82, 2.24) is 20.0 Å². The van der Waals surface area contributed by atoms with Crippen molar-refractivity contribution in [1.29, 1.82) is 0 Å². The number of alkyl halides is 3. The molecule has 22 heavy (non-hydrogen) atoms. The van der Waals surface area contributed by atoms with Gasteiger partial charge < -0.3 is 4.90 Å². The largest absolute Gasteiger partial charge is 0.435 e. The second-order valence-electron chi connectivity index (χ2n) is 5.50. The van der Waals surface area contributed by atoms with Crippen LogP contribution in [0.2, 0.25) is 0 Å². The predicted molar refractivity (Wildman–Crippen MR) is 76.4 cm³/mol. The first-order valence-electron chi connectivity index (χ1n) is 6.83. The first kappa shape index (κ1) is 16.3. The zero-order valence-electron chi connectivity index (χ0n) is 12.9. The van der Waals surface area contributed by atoms with Crippen LogP contribution in [-0.2, 0) is 19.8 Å². The van der Waals surface area contributed by atoms with Crippen LogP contribution in [0.3, 0.4) is 0 Å². The summed E-state index contributed by atoms with van der Waals surface area (Å²) in [6.07, 6.45) is -2.57. The third-order valence-electron chi connectivity index (χ3n) is 3.22. The van der Waals surface area contributed by atoms with Gasteiger partial charge in [-0.2, -0.15) is 18.3 Å². The van der Waals surface area contributed by atoms with Crippen LogP contribution in [0.1, 0.15) is 36.7 Å². The summed E-state index contributed by atoms with van der Waals surface area (Å²) < 4.78 is 39.2. The Morgan fingerprint density at radius 2 is 1.91 bits per heavy atom. The minimum Gasteiger partial charge on any atom is -0.354 e. The Morgan fingerprint density at radius 3 is 2.41 bits per heavy atom. The Balaban J connectivity index is 2.17. The van der Waals surface area contributed by atoms with Crippen LogP contribution in [0.15, 0.2) is 18.3 Å². The van der Waals surface area contributed by atoms with Gasteiger partial charge in [0.05, 0.1) is 5.69 Å². The molecular weight excluding hydrogens is 295 g/mol. The molecule has 2 aromatic rings. The van der Waals surface area contributed by atoms with Crippen LogP contribution in [0.5, 0.6) is 0 Å². The summed E-state index contributed by atoms with van der Waals surface area (Å²) in [4.78, 5) is 1.75. The molecule has 0 N–H and O–H groups in total. The van der Waals surface area contributed by atoms with Gasteiger partial charge in [-0.25, -0.2) is 0 Å². The van der Waals surface area contributed by atoms with E-state index in [2.05, 4.69) is 15.3 Å². The van der Waals surface area contributed by atoms with Gasteiger partial charge in [-0.1, -0.05) is 13.8 Å². The maximum Gasteiger partial charge on any atom is 0.435 e. The molecule has 0 aromatic carbocycles. The zero-order chi connectivity index (χ0) is 16.5. The van der Waals surface area contributed by atoms with Gasteiger partial charge in [-0.3, -0.25) is 4.68 Å². The van der Waals surface area contributed by atoms with E-state index < -0.39 is 11.9 Å². The predicted octanol–water partition coefficient (Wildman–Crippen LogP) is 2.99. The molecule has 0 radical (unpaired) electrons. The average molecular weight is 313 g/mol. The molecule has 0 bridgehead atoms. The van der Waals surface area contributed by atoms with E-state index in [4.69, 9.17) is 0 Å². The fraction of sp³-hybridized carbons (Fsp3) is 0.500. The van der Waals surface area contributed by atoms with Crippen LogP contribution in [-0.4, -0.2) is 27.0 Å². The van der Waals surface area contributed by atoms with Crippen LogP contribution in [0.25, 0.3) is 0 Å². The highest BCUT2D eigenvalue weighted by Crippen LogP contribution is 2.27. The Hall–Kier alpha value is -2.12. The molecule has 0 fully saturated rings. The molecule has 0 amide bonds. The van der Waals surface area contributed by atoms with Gasteiger partial charge in [0.1, 0.15) is 0 Å². The molecule has 5 nitrogen and oxygen atoms in total. The molecule has 2 rings (SSSR count). The van der Waals surface area contributed by atoms with Gasteiger partial charge in [0.25, 0.3) is 0 Å². The summed E-state index contributed by atoms with van der Waals surface area (Å²) in [5.74, 6) is 0.648. The van der Waals surface area contributed by atoms with E-state index in [1.807, 2.05) is 27.1 Å². The monoisotopic (exact) mass is 313 g/mol. The third kappa shape index (κ3) is 3.55. The summed E-state index contributed by atoms with van der Waals surface area (Å²) in [6, 6.07) is 2.26. The van der Waals surface area contributed by atoms with Crippen molar-refractivity contribution >= 4 is 5.82 Å². The number of aromatic nitrogens is 4. The van der Waals surface area contributed by atoms with Crippen molar-refractivity contribution < 1.29 is 13.2 Å². The number of rotatable bonds is 4. The standard InChI is InChI=1S/C14H18F3N5/c1-9(2)13-10(8-22(4)20-13)7-21(3)12-6-5-11(18-19-12)14(15,16)17/h5-6,8-9H,7H2,1-4H3. The maximum atomic E-state index is 12.5. The highest BCUT2D eigenvalue weighted by molar-refractivity contribution is 5.38. The normalized spacial score (nSPS) is 12.0. The number of hydrogen-bond acceptors (Lipinski definition) is 4. The van der Waals surface area contributed by atoms with Crippen LogP contribution < -0.4 is 4.90 Å². The minimum atomic E-state index is -4.47. The van der Waals surface area contributed by atoms with Gasteiger partial charge in [0.2, 0.25) is 0 Å². The second-order valence-corrected chi connectivity index (χ2v) is 5.50. The molecule has 0 aliphatic rings. The van der Waals surface area contributed by atoms with Gasteiger partial charge in [-0.15, -0.1) is 10.2 Å². The molecule has 0 unspecified atom stereocenters. The molecule has 0 saturated heterocycles. The van der Waals surface area contributed by atoms with Crippen molar-refractivity contribution in [2.45, 2.75) is 32.5 Å². The summed E-state index contributed by atoms with van der Waals surface area (Å²) >= 11 is 0.